The molecule has 0 aliphatic heterocycles. The minimum Gasteiger partial charge on any atom is -0.288 e. The van der Waals surface area contributed by atoms with Crippen molar-refractivity contribution in [3.8, 4) is 0 Å². The van der Waals surface area contributed by atoms with E-state index >= 15 is 0 Å². The van der Waals surface area contributed by atoms with E-state index < -0.39 is 0 Å². The predicted octanol–water partition coefficient (Wildman–Crippen LogP) is 3.92. The smallest absolute Gasteiger partial charge is 0.0639 e. The van der Waals surface area contributed by atoms with Crippen LogP contribution >= 0.6 is 0 Å². The molecule has 0 saturated heterocycles. The molecule has 0 saturated carbocycles. The zero-order chi connectivity index (χ0) is 12.1. The zero-order valence-electron chi connectivity index (χ0n) is 10.4. The summed E-state index contributed by atoms with van der Waals surface area (Å²) in [6.07, 6.45) is 1.96. The summed E-state index contributed by atoms with van der Waals surface area (Å²) in [6.45, 7) is 4.98. The normalized spacial score (nSPS) is 10.9. The summed E-state index contributed by atoms with van der Waals surface area (Å²) in [4.78, 5) is 4.48. The Kier molecular flexibility index (Phi) is 3.71. The predicted molar refractivity (Wildman–Crippen MR) is 73.7 cm³/mol. The first kappa shape index (κ1) is 11.6. The molecule has 0 radical (unpaired) electrons. The van der Waals surface area contributed by atoms with E-state index in [-0.39, 0.29) is 0 Å². The Morgan fingerprint density at radius 1 is 1.00 bits per heavy atom. The van der Waals surface area contributed by atoms with Crippen molar-refractivity contribution in [2.45, 2.75) is 20.4 Å². The van der Waals surface area contributed by atoms with Crippen molar-refractivity contribution in [3.63, 3.8) is 0 Å². The van der Waals surface area contributed by atoms with Crippen LogP contribution in [0.4, 0.5) is 0 Å². The van der Waals surface area contributed by atoms with Crippen LogP contribution in [0.25, 0.3) is 0 Å². The molecule has 0 aliphatic rings. The third-order valence-corrected chi connectivity index (χ3v) is 2.77. The largest absolute Gasteiger partial charge is 0.288 e. The third-order valence-electron chi connectivity index (χ3n) is 2.77. The van der Waals surface area contributed by atoms with E-state index in [1.165, 1.54) is 22.3 Å². The van der Waals surface area contributed by atoms with Gasteiger partial charge in [-0.1, -0.05) is 54.1 Å². The Bertz CT molecular complexity index is 512. The van der Waals surface area contributed by atoms with Gasteiger partial charge in [-0.3, -0.25) is 4.99 Å². The lowest BCUT2D eigenvalue weighted by Gasteiger charge is -2.01. The van der Waals surface area contributed by atoms with Gasteiger partial charge in [-0.05, 0) is 30.5 Å². The second-order valence-electron chi connectivity index (χ2n) is 4.32. The van der Waals surface area contributed by atoms with Crippen LogP contribution in [-0.4, -0.2) is 6.21 Å². The summed E-state index contributed by atoms with van der Waals surface area (Å²) in [5.41, 5.74) is 5.02. The van der Waals surface area contributed by atoms with Gasteiger partial charge < -0.3 is 0 Å². The average molecular weight is 223 g/mol. The van der Waals surface area contributed by atoms with Crippen LogP contribution in [0.3, 0.4) is 0 Å². The fourth-order valence-corrected chi connectivity index (χ4v) is 1.80. The molecule has 0 amide bonds. The van der Waals surface area contributed by atoms with Gasteiger partial charge in [-0.25, -0.2) is 0 Å². The van der Waals surface area contributed by atoms with E-state index in [1.807, 2.05) is 24.4 Å². The zero-order valence-corrected chi connectivity index (χ0v) is 10.4. The Hall–Kier alpha value is -1.89. The molecular formula is C16H17N. The van der Waals surface area contributed by atoms with Gasteiger partial charge in [-0.2, -0.15) is 0 Å². The summed E-state index contributed by atoms with van der Waals surface area (Å²) in [7, 11) is 0. The number of hydrogen-bond acceptors (Lipinski definition) is 1. The number of rotatable bonds is 3. The molecule has 2 aromatic rings. The molecule has 0 aliphatic carbocycles. The molecule has 0 bridgehead atoms. The average Bonchev–Trinajstić information content (AvgIpc) is 2.33. The summed E-state index contributed by atoms with van der Waals surface area (Å²) in [5, 5.41) is 0. The topological polar surface area (TPSA) is 12.4 Å². The quantitative estimate of drug-likeness (QED) is 0.699. The maximum atomic E-state index is 4.48. The lowest BCUT2D eigenvalue weighted by molar-refractivity contribution is 1.08. The van der Waals surface area contributed by atoms with Gasteiger partial charge in [0.1, 0.15) is 0 Å². The minimum atomic E-state index is 0.744. The molecule has 2 rings (SSSR count). The monoisotopic (exact) mass is 223 g/mol. The second-order valence-corrected chi connectivity index (χ2v) is 4.32. The molecule has 1 nitrogen and oxygen atoms in total. The van der Waals surface area contributed by atoms with Crippen molar-refractivity contribution in [1.29, 1.82) is 0 Å². The van der Waals surface area contributed by atoms with Gasteiger partial charge in [0.05, 0.1) is 6.54 Å². The van der Waals surface area contributed by atoms with Crippen molar-refractivity contribution in [2.24, 2.45) is 4.99 Å². The Morgan fingerprint density at radius 2 is 1.76 bits per heavy atom. The molecule has 0 aromatic heterocycles. The van der Waals surface area contributed by atoms with Crippen molar-refractivity contribution >= 4 is 6.21 Å². The number of benzene rings is 2. The van der Waals surface area contributed by atoms with E-state index in [0.717, 1.165) is 6.54 Å². The Morgan fingerprint density at radius 3 is 2.47 bits per heavy atom. The van der Waals surface area contributed by atoms with Crippen molar-refractivity contribution in [1.82, 2.24) is 0 Å². The number of hydrogen-bond donors (Lipinski definition) is 0. The fourth-order valence-electron chi connectivity index (χ4n) is 1.80. The molecule has 17 heavy (non-hydrogen) atoms. The maximum Gasteiger partial charge on any atom is 0.0639 e. The first-order valence-corrected chi connectivity index (χ1v) is 5.87. The third kappa shape index (κ3) is 3.28. The molecule has 1 heteroatoms. The van der Waals surface area contributed by atoms with E-state index in [1.54, 1.807) is 0 Å². The van der Waals surface area contributed by atoms with Gasteiger partial charge in [0.2, 0.25) is 0 Å². The van der Waals surface area contributed by atoms with Crippen LogP contribution < -0.4 is 0 Å². The fraction of sp³-hybridized carbons (Fsp3) is 0.188. The summed E-state index contributed by atoms with van der Waals surface area (Å²) >= 11 is 0. The number of aryl methyl sites for hydroxylation is 2. The minimum absolute atomic E-state index is 0.744. The van der Waals surface area contributed by atoms with Crippen LogP contribution in [0.2, 0.25) is 0 Å². The SMILES string of the molecule is Cc1ccc(/C=N/Cc2ccccc2)c(C)c1. The number of aliphatic imine (C=N–C) groups is 1. The van der Waals surface area contributed by atoms with Gasteiger partial charge in [0.25, 0.3) is 0 Å². The van der Waals surface area contributed by atoms with Gasteiger partial charge >= 0.3 is 0 Å². The maximum absolute atomic E-state index is 4.48. The lowest BCUT2D eigenvalue weighted by atomic mass is 10.1. The van der Waals surface area contributed by atoms with Crippen molar-refractivity contribution < 1.29 is 0 Å². The van der Waals surface area contributed by atoms with Crippen LogP contribution in [-0.2, 0) is 6.54 Å². The van der Waals surface area contributed by atoms with Crippen molar-refractivity contribution in [3.05, 3.63) is 70.8 Å². The number of nitrogens with zero attached hydrogens (tertiary/aromatic N) is 1. The summed E-state index contributed by atoms with van der Waals surface area (Å²) in [5.74, 6) is 0. The summed E-state index contributed by atoms with van der Waals surface area (Å²) in [6, 6.07) is 16.7. The first-order chi connectivity index (χ1) is 8.25. The van der Waals surface area contributed by atoms with E-state index in [2.05, 4.69) is 49.2 Å². The van der Waals surface area contributed by atoms with E-state index in [9.17, 15) is 0 Å². The molecule has 0 heterocycles. The van der Waals surface area contributed by atoms with Gasteiger partial charge in [0, 0.05) is 6.21 Å². The standard InChI is InChI=1S/C16H17N/c1-13-8-9-16(14(2)10-13)12-17-11-15-6-4-3-5-7-15/h3-10,12H,11H2,1-2H3/b17-12+. The Labute approximate surface area is 103 Å². The highest BCUT2D eigenvalue weighted by Crippen LogP contribution is 2.08. The van der Waals surface area contributed by atoms with E-state index in [0.29, 0.717) is 0 Å². The molecule has 0 N–H and O–H groups in total. The molecule has 0 fully saturated rings. The molecular weight excluding hydrogens is 206 g/mol. The van der Waals surface area contributed by atoms with Crippen LogP contribution in [0.5, 0.6) is 0 Å². The lowest BCUT2D eigenvalue weighted by Crippen LogP contribution is -1.89. The van der Waals surface area contributed by atoms with Gasteiger partial charge in [-0.15, -0.1) is 0 Å². The van der Waals surface area contributed by atoms with Crippen LogP contribution in [0.1, 0.15) is 22.3 Å². The van der Waals surface area contributed by atoms with Gasteiger partial charge in [0.15, 0.2) is 0 Å². The highest BCUT2D eigenvalue weighted by atomic mass is 14.7. The molecule has 86 valence electrons. The second kappa shape index (κ2) is 5.44. The van der Waals surface area contributed by atoms with Crippen LogP contribution in [0, 0.1) is 13.8 Å². The highest BCUT2D eigenvalue weighted by molar-refractivity contribution is 5.81. The molecule has 0 unspecified atom stereocenters. The molecule has 0 spiro atoms. The highest BCUT2D eigenvalue weighted by Gasteiger charge is 1.94. The van der Waals surface area contributed by atoms with E-state index in [4.69, 9.17) is 0 Å². The first-order valence-electron chi connectivity index (χ1n) is 5.87. The molecule has 0 atom stereocenters. The molecule has 2 aromatic carbocycles. The van der Waals surface area contributed by atoms with Crippen molar-refractivity contribution in [2.75, 3.05) is 0 Å². The Balaban J connectivity index is 2.06. The van der Waals surface area contributed by atoms with Crippen LogP contribution in [0.15, 0.2) is 53.5 Å². The summed E-state index contributed by atoms with van der Waals surface area (Å²) < 4.78 is 0.